The molecule has 0 aliphatic heterocycles. The lowest BCUT2D eigenvalue weighted by molar-refractivity contribution is 0.182. The Hall–Kier alpha value is -1.06. The first-order valence-corrected chi connectivity index (χ1v) is 6.10. The van der Waals surface area contributed by atoms with E-state index >= 15 is 0 Å². The third-order valence-corrected chi connectivity index (χ3v) is 3.03. The van der Waals surface area contributed by atoms with E-state index in [9.17, 15) is 0 Å². The fourth-order valence-electron chi connectivity index (χ4n) is 2.19. The lowest BCUT2D eigenvalue weighted by Gasteiger charge is -2.31. The van der Waals surface area contributed by atoms with E-state index in [4.69, 9.17) is 9.84 Å². The molecule has 3 heteroatoms. The molecular weight excluding hydrogens is 214 g/mol. The largest absolute Gasteiger partial charge is 0.392 e. The fraction of sp³-hybridized carbons (Fsp3) is 0.571. The summed E-state index contributed by atoms with van der Waals surface area (Å²) >= 11 is 0. The first-order valence-electron chi connectivity index (χ1n) is 6.10. The molecule has 1 unspecified atom stereocenters. The molecule has 0 heterocycles. The van der Waals surface area contributed by atoms with Crippen LogP contribution in [-0.2, 0) is 11.3 Å². The smallest absolute Gasteiger partial charge is 0.0681 e. The first kappa shape index (κ1) is 14.0. The van der Waals surface area contributed by atoms with Crippen LogP contribution in [-0.4, -0.2) is 31.4 Å². The molecule has 0 saturated heterocycles. The van der Waals surface area contributed by atoms with Crippen molar-refractivity contribution in [1.82, 2.24) is 0 Å². The number of aryl methyl sites for hydroxylation is 1. The van der Waals surface area contributed by atoms with Crippen LogP contribution in [0.15, 0.2) is 18.2 Å². The summed E-state index contributed by atoms with van der Waals surface area (Å²) in [5, 5.41) is 9.11. The van der Waals surface area contributed by atoms with Crippen molar-refractivity contribution in [3.63, 3.8) is 0 Å². The Balaban J connectivity index is 2.95. The number of hydrogen-bond donors (Lipinski definition) is 1. The number of rotatable bonds is 6. The van der Waals surface area contributed by atoms with Crippen molar-refractivity contribution in [1.29, 1.82) is 0 Å². The maximum absolute atomic E-state index is 9.11. The molecule has 0 radical (unpaired) electrons. The molecule has 1 N–H and O–H groups in total. The van der Waals surface area contributed by atoms with Crippen LogP contribution in [0, 0.1) is 6.92 Å². The number of likely N-dealkylation sites (N-methyl/N-ethyl adjacent to an activating group) is 1. The second-order valence-electron chi connectivity index (χ2n) is 4.37. The Morgan fingerprint density at radius 1 is 1.41 bits per heavy atom. The van der Waals surface area contributed by atoms with E-state index < -0.39 is 0 Å². The number of methoxy groups -OCH3 is 1. The zero-order valence-electron chi connectivity index (χ0n) is 11.2. The van der Waals surface area contributed by atoms with Gasteiger partial charge in [0.25, 0.3) is 0 Å². The topological polar surface area (TPSA) is 32.7 Å². The molecular formula is C14H23NO2. The number of hydrogen-bond acceptors (Lipinski definition) is 3. The van der Waals surface area contributed by atoms with E-state index in [0.29, 0.717) is 6.04 Å². The predicted molar refractivity (Wildman–Crippen MR) is 71.5 cm³/mol. The monoisotopic (exact) mass is 237 g/mol. The SMILES string of the molecule is CCN(c1ccc(CO)cc1C)C(C)COC. The van der Waals surface area contributed by atoms with Crippen LogP contribution in [0.3, 0.4) is 0 Å². The van der Waals surface area contributed by atoms with Crippen LogP contribution >= 0.6 is 0 Å². The average molecular weight is 237 g/mol. The summed E-state index contributed by atoms with van der Waals surface area (Å²) in [7, 11) is 1.73. The highest BCUT2D eigenvalue weighted by Crippen LogP contribution is 2.23. The minimum Gasteiger partial charge on any atom is -0.392 e. The van der Waals surface area contributed by atoms with Gasteiger partial charge in [0.2, 0.25) is 0 Å². The number of aliphatic hydroxyl groups is 1. The Kier molecular flexibility index (Phi) is 5.45. The van der Waals surface area contributed by atoms with Crippen molar-refractivity contribution in [3.05, 3.63) is 29.3 Å². The molecule has 1 aromatic rings. The molecule has 0 aliphatic rings. The molecule has 17 heavy (non-hydrogen) atoms. The van der Waals surface area contributed by atoms with Crippen molar-refractivity contribution in [2.45, 2.75) is 33.4 Å². The molecule has 96 valence electrons. The van der Waals surface area contributed by atoms with Gasteiger partial charge in [-0.3, -0.25) is 0 Å². The van der Waals surface area contributed by atoms with Crippen LogP contribution in [0.1, 0.15) is 25.0 Å². The minimum atomic E-state index is 0.0981. The summed E-state index contributed by atoms with van der Waals surface area (Å²) in [6.45, 7) is 8.15. The average Bonchev–Trinajstić information content (AvgIpc) is 2.32. The van der Waals surface area contributed by atoms with E-state index in [1.807, 2.05) is 12.1 Å². The van der Waals surface area contributed by atoms with Gasteiger partial charge in [0.05, 0.1) is 13.2 Å². The van der Waals surface area contributed by atoms with Gasteiger partial charge in [-0.1, -0.05) is 12.1 Å². The second kappa shape index (κ2) is 6.62. The zero-order valence-corrected chi connectivity index (χ0v) is 11.2. The summed E-state index contributed by atoms with van der Waals surface area (Å²) < 4.78 is 5.21. The Bertz CT molecular complexity index is 352. The van der Waals surface area contributed by atoms with Gasteiger partial charge in [-0.2, -0.15) is 0 Å². The van der Waals surface area contributed by atoms with Gasteiger partial charge in [0.15, 0.2) is 0 Å². The second-order valence-corrected chi connectivity index (χ2v) is 4.37. The summed E-state index contributed by atoms with van der Waals surface area (Å²) in [5.41, 5.74) is 3.37. The van der Waals surface area contributed by atoms with Gasteiger partial charge in [-0.15, -0.1) is 0 Å². The van der Waals surface area contributed by atoms with Gasteiger partial charge in [-0.25, -0.2) is 0 Å². The number of aliphatic hydroxyl groups excluding tert-OH is 1. The van der Waals surface area contributed by atoms with Crippen molar-refractivity contribution in [3.8, 4) is 0 Å². The van der Waals surface area contributed by atoms with Gasteiger partial charge < -0.3 is 14.7 Å². The molecule has 0 aromatic heterocycles. The third-order valence-electron chi connectivity index (χ3n) is 3.03. The van der Waals surface area contributed by atoms with Crippen molar-refractivity contribution in [2.75, 3.05) is 25.2 Å². The van der Waals surface area contributed by atoms with Crippen molar-refractivity contribution < 1.29 is 9.84 Å². The molecule has 0 saturated carbocycles. The zero-order chi connectivity index (χ0) is 12.8. The standard InChI is InChI=1S/C14H23NO2/c1-5-15(12(3)10-17-4)14-7-6-13(9-16)8-11(14)2/h6-8,12,16H,5,9-10H2,1-4H3. The number of ether oxygens (including phenoxy) is 1. The third kappa shape index (κ3) is 3.45. The molecule has 0 spiro atoms. The van der Waals surface area contributed by atoms with Gasteiger partial charge in [-0.05, 0) is 38.0 Å². The highest BCUT2D eigenvalue weighted by atomic mass is 16.5. The minimum absolute atomic E-state index is 0.0981. The van der Waals surface area contributed by atoms with Crippen molar-refractivity contribution >= 4 is 5.69 Å². The lowest BCUT2D eigenvalue weighted by Crippen LogP contribution is -2.36. The molecule has 1 aromatic carbocycles. The number of nitrogens with zero attached hydrogens (tertiary/aromatic N) is 1. The maximum Gasteiger partial charge on any atom is 0.0681 e. The van der Waals surface area contributed by atoms with E-state index in [-0.39, 0.29) is 6.61 Å². The molecule has 0 aliphatic carbocycles. The molecule has 3 nitrogen and oxygen atoms in total. The summed E-state index contributed by atoms with van der Waals surface area (Å²) in [6, 6.07) is 6.45. The molecule has 1 atom stereocenters. The highest BCUT2D eigenvalue weighted by molar-refractivity contribution is 5.55. The van der Waals surface area contributed by atoms with E-state index in [0.717, 1.165) is 18.7 Å². The van der Waals surface area contributed by atoms with Gasteiger partial charge in [0.1, 0.15) is 0 Å². The van der Waals surface area contributed by atoms with Crippen LogP contribution < -0.4 is 4.90 Å². The molecule has 0 amide bonds. The summed E-state index contributed by atoms with van der Waals surface area (Å²) in [6.07, 6.45) is 0. The van der Waals surface area contributed by atoms with Gasteiger partial charge >= 0.3 is 0 Å². The first-order chi connectivity index (χ1) is 8.13. The van der Waals surface area contributed by atoms with E-state index in [2.05, 4.69) is 31.7 Å². The van der Waals surface area contributed by atoms with Crippen LogP contribution in [0.2, 0.25) is 0 Å². The Morgan fingerprint density at radius 3 is 2.59 bits per heavy atom. The van der Waals surface area contributed by atoms with Crippen LogP contribution in [0.4, 0.5) is 5.69 Å². The quantitative estimate of drug-likeness (QED) is 0.824. The Labute approximate surface area is 104 Å². The number of benzene rings is 1. The van der Waals surface area contributed by atoms with Gasteiger partial charge in [0, 0.05) is 25.4 Å². The maximum atomic E-state index is 9.11. The summed E-state index contributed by atoms with van der Waals surface area (Å²) in [5.74, 6) is 0. The van der Waals surface area contributed by atoms with E-state index in [1.54, 1.807) is 7.11 Å². The fourth-order valence-corrected chi connectivity index (χ4v) is 2.19. The molecule has 0 bridgehead atoms. The van der Waals surface area contributed by atoms with E-state index in [1.165, 1.54) is 11.3 Å². The van der Waals surface area contributed by atoms with Crippen LogP contribution in [0.25, 0.3) is 0 Å². The van der Waals surface area contributed by atoms with Crippen molar-refractivity contribution in [2.24, 2.45) is 0 Å². The molecule has 0 fully saturated rings. The summed E-state index contributed by atoms with van der Waals surface area (Å²) in [4.78, 5) is 2.32. The predicted octanol–water partition coefficient (Wildman–Crippen LogP) is 2.35. The molecule has 1 rings (SSSR count). The van der Waals surface area contributed by atoms with Crippen LogP contribution in [0.5, 0.6) is 0 Å². The normalized spacial score (nSPS) is 12.5. The Morgan fingerprint density at radius 2 is 2.12 bits per heavy atom. The lowest BCUT2D eigenvalue weighted by atomic mass is 10.1. The highest BCUT2D eigenvalue weighted by Gasteiger charge is 2.14. The number of anilines is 1.